The Bertz CT molecular complexity index is 948. The summed E-state index contributed by atoms with van der Waals surface area (Å²) in [5, 5.41) is 2.87. The highest BCUT2D eigenvalue weighted by atomic mass is 79.9. The van der Waals surface area contributed by atoms with Crippen molar-refractivity contribution in [1.29, 1.82) is 0 Å². The molecule has 27 heavy (non-hydrogen) atoms. The lowest BCUT2D eigenvalue weighted by Crippen LogP contribution is -2.58. The number of carbonyl (C=O) groups excluding carboxylic acids is 1. The van der Waals surface area contributed by atoms with Gasteiger partial charge in [-0.15, -0.1) is 0 Å². The molecule has 2 aromatic rings. The average molecular weight is 489 g/mol. The molecule has 1 N–H and O–H groups in total. The number of thiophene rings is 1. The summed E-state index contributed by atoms with van der Waals surface area (Å²) in [6, 6.07) is 3.79. The maximum atomic E-state index is 13.9. The Hall–Kier alpha value is -1.50. The molecule has 0 unspecified atom stereocenters. The molecule has 0 bridgehead atoms. The standard InChI is InChI=1S/C15H13BrF4N2O3S2/c1-14(15(18,19)20,10-3-4-12(17)11(16)7-10)22(2)27(24,25)21-13(23)9-5-6-26-8-9/h3-8H,1-2H3,(H,21,23)/t14-/m1/s1. The number of halogens is 5. The molecule has 1 amide bonds. The zero-order chi connectivity index (χ0) is 20.6. The van der Waals surface area contributed by atoms with Crippen LogP contribution in [-0.4, -0.2) is 31.9 Å². The third kappa shape index (κ3) is 4.18. The Morgan fingerprint density at radius 1 is 1.26 bits per heavy atom. The zero-order valence-electron chi connectivity index (χ0n) is 13.8. The van der Waals surface area contributed by atoms with Gasteiger partial charge in [-0.3, -0.25) is 4.79 Å². The van der Waals surface area contributed by atoms with Crippen molar-refractivity contribution < 1.29 is 30.8 Å². The number of alkyl halides is 3. The van der Waals surface area contributed by atoms with Crippen LogP contribution in [0, 0.1) is 5.82 Å². The molecule has 1 aromatic carbocycles. The SMILES string of the molecule is CN([C@](C)(c1ccc(F)c(Br)c1)C(F)(F)F)S(=O)(=O)NC(=O)c1ccsc1. The van der Waals surface area contributed by atoms with Gasteiger partial charge in [0.05, 0.1) is 10.0 Å². The molecule has 1 atom stereocenters. The van der Waals surface area contributed by atoms with E-state index in [-0.39, 0.29) is 14.3 Å². The van der Waals surface area contributed by atoms with Gasteiger partial charge in [0.1, 0.15) is 5.82 Å². The summed E-state index contributed by atoms with van der Waals surface area (Å²) in [4.78, 5) is 12.0. The summed E-state index contributed by atoms with van der Waals surface area (Å²) in [5.74, 6) is -1.87. The minimum atomic E-state index is -5.07. The molecule has 1 heterocycles. The fourth-order valence-corrected chi connectivity index (χ4v) is 4.39. The van der Waals surface area contributed by atoms with Crippen LogP contribution in [0.3, 0.4) is 0 Å². The largest absolute Gasteiger partial charge is 0.411 e. The van der Waals surface area contributed by atoms with Gasteiger partial charge >= 0.3 is 16.4 Å². The summed E-state index contributed by atoms with van der Waals surface area (Å²) in [6.45, 7) is 0.626. The summed E-state index contributed by atoms with van der Waals surface area (Å²) < 4.78 is 81.4. The van der Waals surface area contributed by atoms with Crippen molar-refractivity contribution in [3.05, 3.63) is 56.4 Å². The predicted molar refractivity (Wildman–Crippen MR) is 96.0 cm³/mol. The number of nitrogens with one attached hydrogen (secondary N) is 1. The van der Waals surface area contributed by atoms with Crippen molar-refractivity contribution in [1.82, 2.24) is 9.03 Å². The minimum Gasteiger partial charge on any atom is -0.268 e. The number of hydrogen-bond acceptors (Lipinski definition) is 4. The highest BCUT2D eigenvalue weighted by Crippen LogP contribution is 2.44. The van der Waals surface area contributed by atoms with Crippen LogP contribution < -0.4 is 4.72 Å². The number of benzene rings is 1. The number of rotatable bonds is 5. The zero-order valence-corrected chi connectivity index (χ0v) is 17.1. The molecule has 2 rings (SSSR count). The van der Waals surface area contributed by atoms with Gasteiger partial charge in [0.2, 0.25) is 0 Å². The predicted octanol–water partition coefficient (Wildman–Crippen LogP) is 4.03. The lowest BCUT2D eigenvalue weighted by atomic mass is 9.91. The smallest absolute Gasteiger partial charge is 0.268 e. The van der Waals surface area contributed by atoms with E-state index in [0.717, 1.165) is 29.5 Å². The van der Waals surface area contributed by atoms with Crippen molar-refractivity contribution in [3.8, 4) is 0 Å². The van der Waals surface area contributed by atoms with E-state index in [0.29, 0.717) is 14.0 Å². The molecule has 0 saturated heterocycles. The molecule has 0 spiro atoms. The van der Waals surface area contributed by atoms with Crippen LogP contribution >= 0.6 is 27.3 Å². The first kappa shape index (κ1) is 21.8. The van der Waals surface area contributed by atoms with E-state index in [1.54, 1.807) is 4.72 Å². The summed E-state index contributed by atoms with van der Waals surface area (Å²) in [5.41, 5.74) is -3.60. The number of carbonyl (C=O) groups is 1. The molecule has 12 heteroatoms. The summed E-state index contributed by atoms with van der Waals surface area (Å²) >= 11 is 3.91. The molecule has 148 valence electrons. The van der Waals surface area contributed by atoms with Crippen molar-refractivity contribution in [2.75, 3.05) is 7.05 Å². The Balaban J connectivity index is 2.49. The number of nitrogens with zero attached hydrogens (tertiary/aromatic N) is 1. The van der Waals surface area contributed by atoms with E-state index in [9.17, 15) is 30.8 Å². The van der Waals surface area contributed by atoms with Crippen LogP contribution in [0.5, 0.6) is 0 Å². The van der Waals surface area contributed by atoms with Gasteiger partial charge in [0.25, 0.3) is 5.91 Å². The Labute approximate surface area is 165 Å². The monoisotopic (exact) mass is 488 g/mol. The van der Waals surface area contributed by atoms with Gasteiger partial charge in [-0.25, -0.2) is 9.11 Å². The van der Waals surface area contributed by atoms with E-state index in [1.807, 2.05) is 0 Å². The van der Waals surface area contributed by atoms with Gasteiger partial charge in [-0.05, 0) is 52.0 Å². The van der Waals surface area contributed by atoms with E-state index in [2.05, 4.69) is 15.9 Å². The molecule has 0 fully saturated rings. The maximum Gasteiger partial charge on any atom is 0.411 e. The number of amides is 1. The highest BCUT2D eigenvalue weighted by molar-refractivity contribution is 9.10. The van der Waals surface area contributed by atoms with Gasteiger partial charge in [0.15, 0.2) is 5.54 Å². The van der Waals surface area contributed by atoms with Crippen LogP contribution in [0.15, 0.2) is 39.5 Å². The lowest BCUT2D eigenvalue weighted by molar-refractivity contribution is -0.213. The van der Waals surface area contributed by atoms with E-state index in [4.69, 9.17) is 0 Å². The molecular formula is C15H13BrF4N2O3S2. The van der Waals surface area contributed by atoms with Crippen LogP contribution in [0.25, 0.3) is 0 Å². The third-order valence-corrected chi connectivity index (χ3v) is 6.85. The molecule has 0 saturated carbocycles. The fraction of sp³-hybridized carbons (Fsp3) is 0.267. The van der Waals surface area contributed by atoms with Crippen LogP contribution in [-0.2, 0) is 15.7 Å². The summed E-state index contributed by atoms with van der Waals surface area (Å²) in [6.07, 6.45) is -5.07. The van der Waals surface area contributed by atoms with Gasteiger partial charge < -0.3 is 0 Å². The molecule has 0 radical (unpaired) electrons. The third-order valence-electron chi connectivity index (χ3n) is 4.03. The van der Waals surface area contributed by atoms with Gasteiger partial charge in [-0.2, -0.15) is 37.2 Å². The first-order valence-electron chi connectivity index (χ1n) is 7.16. The van der Waals surface area contributed by atoms with Crippen molar-refractivity contribution in [2.24, 2.45) is 0 Å². The second kappa shape index (κ2) is 7.49. The molecule has 0 aliphatic heterocycles. The first-order chi connectivity index (χ1) is 12.3. The van der Waals surface area contributed by atoms with E-state index >= 15 is 0 Å². The van der Waals surface area contributed by atoms with Gasteiger partial charge in [0, 0.05) is 12.4 Å². The van der Waals surface area contributed by atoms with Crippen molar-refractivity contribution >= 4 is 43.4 Å². The molecular weight excluding hydrogens is 476 g/mol. The highest BCUT2D eigenvalue weighted by Gasteiger charge is 2.58. The lowest BCUT2D eigenvalue weighted by Gasteiger charge is -2.39. The second-order valence-electron chi connectivity index (χ2n) is 5.61. The summed E-state index contributed by atoms with van der Waals surface area (Å²) in [7, 11) is -4.20. The Morgan fingerprint density at radius 2 is 1.89 bits per heavy atom. The molecule has 1 aromatic heterocycles. The Morgan fingerprint density at radius 3 is 2.37 bits per heavy atom. The fourth-order valence-electron chi connectivity index (χ4n) is 2.20. The van der Waals surface area contributed by atoms with Crippen LogP contribution in [0.4, 0.5) is 17.6 Å². The quantitative estimate of drug-likeness (QED) is 0.646. The van der Waals surface area contributed by atoms with E-state index < -0.39 is 39.2 Å². The average Bonchev–Trinajstić information content (AvgIpc) is 3.09. The Kier molecular flexibility index (Phi) is 6.05. The van der Waals surface area contributed by atoms with Crippen LogP contribution in [0.2, 0.25) is 0 Å². The molecule has 5 nitrogen and oxygen atoms in total. The number of hydrogen-bond donors (Lipinski definition) is 1. The van der Waals surface area contributed by atoms with Crippen LogP contribution in [0.1, 0.15) is 22.8 Å². The minimum absolute atomic E-state index is 0.00392. The second-order valence-corrected chi connectivity index (χ2v) is 8.95. The van der Waals surface area contributed by atoms with Crippen molar-refractivity contribution in [3.63, 3.8) is 0 Å². The maximum absolute atomic E-state index is 13.9. The normalized spacial score (nSPS) is 14.8. The molecule has 0 aliphatic carbocycles. The van der Waals surface area contributed by atoms with E-state index in [1.165, 1.54) is 16.8 Å². The topological polar surface area (TPSA) is 66.5 Å². The first-order valence-corrected chi connectivity index (χ1v) is 10.3. The van der Waals surface area contributed by atoms with Crippen molar-refractivity contribution in [2.45, 2.75) is 18.6 Å². The molecule has 0 aliphatic rings. The van der Waals surface area contributed by atoms with Gasteiger partial charge in [-0.1, -0.05) is 6.07 Å².